The number of fused-ring (bicyclic) bond motifs is 1. The summed E-state index contributed by atoms with van der Waals surface area (Å²) in [5, 5.41) is 3.57. The van der Waals surface area contributed by atoms with Crippen LogP contribution in [0.2, 0.25) is 0 Å². The van der Waals surface area contributed by atoms with Gasteiger partial charge in [0.25, 0.3) is 0 Å². The lowest BCUT2D eigenvalue weighted by atomic mass is 10.0. The molecule has 0 fully saturated rings. The van der Waals surface area contributed by atoms with E-state index in [4.69, 9.17) is 4.74 Å². The molecule has 4 nitrogen and oxygen atoms in total. The summed E-state index contributed by atoms with van der Waals surface area (Å²) in [4.78, 5) is 15.0. The van der Waals surface area contributed by atoms with Crippen molar-refractivity contribution < 1.29 is 14.4 Å². The summed E-state index contributed by atoms with van der Waals surface area (Å²) in [6, 6.07) is 5.81. The highest BCUT2D eigenvalue weighted by Gasteiger charge is 2.09. The minimum atomic E-state index is -0.419. The van der Waals surface area contributed by atoms with Gasteiger partial charge in [-0.3, -0.25) is 0 Å². The predicted molar refractivity (Wildman–Crippen MR) is 59.6 cm³/mol. The molecule has 1 heterocycles. The molecule has 0 spiro atoms. The van der Waals surface area contributed by atoms with Gasteiger partial charge >= 0.3 is 5.97 Å². The lowest BCUT2D eigenvalue weighted by molar-refractivity contribution is -0.140. The fourth-order valence-electron chi connectivity index (χ4n) is 1.62. The fraction of sp³-hybridized carbons (Fsp3) is 0.333. The molecule has 16 heavy (non-hydrogen) atoms. The Morgan fingerprint density at radius 1 is 1.56 bits per heavy atom. The first kappa shape index (κ1) is 10.7. The fourth-order valence-corrected chi connectivity index (χ4v) is 1.62. The van der Waals surface area contributed by atoms with Crippen LogP contribution in [0, 0.1) is 0 Å². The third-order valence-corrected chi connectivity index (χ3v) is 2.32. The summed E-state index contributed by atoms with van der Waals surface area (Å²) < 4.78 is 5.49. The van der Waals surface area contributed by atoms with Gasteiger partial charge in [-0.15, -0.1) is 0 Å². The predicted octanol–water partition coefficient (Wildman–Crippen LogP) is 1.91. The topological polar surface area (TPSA) is 47.9 Å². The van der Waals surface area contributed by atoms with Gasteiger partial charge in [0.2, 0.25) is 0 Å². The van der Waals surface area contributed by atoms with Crippen LogP contribution in [0.25, 0.3) is 0 Å². The van der Waals surface area contributed by atoms with Crippen LogP contribution in [-0.2, 0) is 16.1 Å². The second kappa shape index (κ2) is 4.79. The van der Waals surface area contributed by atoms with Crippen molar-refractivity contribution in [3.8, 4) is 5.75 Å². The molecule has 0 saturated heterocycles. The Morgan fingerprint density at radius 2 is 2.44 bits per heavy atom. The highest BCUT2D eigenvalue weighted by molar-refractivity contribution is 5.80. The Hall–Kier alpha value is -1.84. The van der Waals surface area contributed by atoms with E-state index in [2.05, 4.69) is 9.99 Å². The van der Waals surface area contributed by atoms with Gasteiger partial charge in [0.05, 0.1) is 12.8 Å². The molecule has 1 aromatic rings. The molecule has 84 valence electrons. The van der Waals surface area contributed by atoms with Gasteiger partial charge in [0.15, 0.2) is 0 Å². The molecule has 0 aromatic heterocycles. The number of benzene rings is 1. The maximum absolute atomic E-state index is 10.5. The summed E-state index contributed by atoms with van der Waals surface area (Å²) in [6.45, 7) is 2.10. The van der Waals surface area contributed by atoms with E-state index in [1.54, 1.807) is 0 Å². The molecule has 0 saturated carbocycles. The van der Waals surface area contributed by atoms with Crippen LogP contribution in [0.3, 0.4) is 0 Å². The number of aryl methyl sites for hydroxylation is 1. The van der Waals surface area contributed by atoms with Crippen LogP contribution in [0.5, 0.6) is 5.75 Å². The molecule has 2 rings (SSSR count). The highest BCUT2D eigenvalue weighted by Crippen LogP contribution is 2.24. The third kappa shape index (κ3) is 2.59. The van der Waals surface area contributed by atoms with Gasteiger partial charge in [-0.2, -0.15) is 0 Å². The number of carbonyl (C=O) groups excluding carboxylic acids is 1. The summed E-state index contributed by atoms with van der Waals surface area (Å²) in [7, 11) is 0. The van der Waals surface area contributed by atoms with Gasteiger partial charge in [-0.25, -0.2) is 4.79 Å². The highest BCUT2D eigenvalue weighted by atomic mass is 16.7. The molecular formula is C12H13NO3. The first-order chi connectivity index (χ1) is 7.75. The molecule has 0 aliphatic carbocycles. The first-order valence-electron chi connectivity index (χ1n) is 5.22. The van der Waals surface area contributed by atoms with Gasteiger partial charge in [0.1, 0.15) is 5.75 Å². The van der Waals surface area contributed by atoms with E-state index in [-0.39, 0.29) is 0 Å². The van der Waals surface area contributed by atoms with E-state index >= 15 is 0 Å². The van der Waals surface area contributed by atoms with Crippen molar-refractivity contribution in [3.63, 3.8) is 0 Å². The normalized spacial score (nSPS) is 14.3. The molecular weight excluding hydrogens is 206 g/mol. The van der Waals surface area contributed by atoms with Gasteiger partial charge < -0.3 is 9.57 Å². The van der Waals surface area contributed by atoms with Crippen molar-refractivity contribution in [1.29, 1.82) is 0 Å². The minimum absolute atomic E-state index is 0.419. The van der Waals surface area contributed by atoms with Crippen LogP contribution >= 0.6 is 0 Å². The van der Waals surface area contributed by atoms with Crippen LogP contribution < -0.4 is 4.74 Å². The number of hydrogen-bond acceptors (Lipinski definition) is 4. The van der Waals surface area contributed by atoms with Gasteiger partial charge in [0, 0.05) is 6.92 Å². The van der Waals surface area contributed by atoms with Crippen LogP contribution in [-0.4, -0.2) is 18.8 Å². The Labute approximate surface area is 93.9 Å². The number of carbonyl (C=O) groups is 1. The van der Waals surface area contributed by atoms with Crippen molar-refractivity contribution in [2.75, 3.05) is 6.61 Å². The van der Waals surface area contributed by atoms with Crippen LogP contribution in [0.1, 0.15) is 24.5 Å². The standard InChI is InChI=1S/C12H13NO3/c1-9(14)16-13-8-10-4-5-12-11(7-10)3-2-6-15-12/h4-5,7-8H,2-3,6H2,1H3/b13-8-. The van der Waals surface area contributed by atoms with Crippen molar-refractivity contribution in [2.45, 2.75) is 19.8 Å². The van der Waals surface area contributed by atoms with E-state index in [1.165, 1.54) is 18.7 Å². The zero-order valence-electron chi connectivity index (χ0n) is 9.10. The van der Waals surface area contributed by atoms with Crippen molar-refractivity contribution in [3.05, 3.63) is 29.3 Å². The number of rotatable bonds is 2. The van der Waals surface area contributed by atoms with Crippen molar-refractivity contribution >= 4 is 12.2 Å². The third-order valence-electron chi connectivity index (χ3n) is 2.32. The number of nitrogens with zero attached hydrogens (tertiary/aromatic N) is 1. The first-order valence-corrected chi connectivity index (χ1v) is 5.22. The molecule has 0 amide bonds. The van der Waals surface area contributed by atoms with Gasteiger partial charge in [-0.1, -0.05) is 5.16 Å². The summed E-state index contributed by atoms with van der Waals surface area (Å²) in [5.74, 6) is 0.522. The summed E-state index contributed by atoms with van der Waals surface area (Å²) >= 11 is 0. The average molecular weight is 219 g/mol. The Balaban J connectivity index is 2.11. The molecule has 0 atom stereocenters. The average Bonchev–Trinajstić information content (AvgIpc) is 2.28. The molecule has 0 unspecified atom stereocenters. The monoisotopic (exact) mass is 219 g/mol. The molecule has 1 aromatic carbocycles. The smallest absolute Gasteiger partial charge is 0.331 e. The Kier molecular flexibility index (Phi) is 3.19. The summed E-state index contributed by atoms with van der Waals surface area (Å²) in [5.41, 5.74) is 2.09. The second-order valence-corrected chi connectivity index (χ2v) is 3.64. The molecule has 0 radical (unpaired) electrons. The maximum Gasteiger partial charge on any atom is 0.331 e. The lowest BCUT2D eigenvalue weighted by Gasteiger charge is -2.16. The van der Waals surface area contributed by atoms with E-state index < -0.39 is 5.97 Å². The van der Waals surface area contributed by atoms with E-state index in [0.717, 1.165) is 30.8 Å². The molecule has 1 aliphatic rings. The quantitative estimate of drug-likeness (QED) is 0.433. The molecule has 1 aliphatic heterocycles. The van der Waals surface area contributed by atoms with Crippen molar-refractivity contribution in [1.82, 2.24) is 0 Å². The molecule has 0 bridgehead atoms. The Morgan fingerprint density at radius 3 is 3.25 bits per heavy atom. The van der Waals surface area contributed by atoms with E-state index in [1.807, 2.05) is 18.2 Å². The largest absolute Gasteiger partial charge is 0.493 e. The van der Waals surface area contributed by atoms with Crippen molar-refractivity contribution in [2.24, 2.45) is 5.16 Å². The molecule has 4 heteroatoms. The minimum Gasteiger partial charge on any atom is -0.493 e. The molecule has 0 N–H and O–H groups in total. The number of ether oxygens (including phenoxy) is 1. The number of oxime groups is 1. The van der Waals surface area contributed by atoms with Crippen LogP contribution in [0.4, 0.5) is 0 Å². The zero-order chi connectivity index (χ0) is 11.4. The second-order valence-electron chi connectivity index (χ2n) is 3.64. The number of hydrogen-bond donors (Lipinski definition) is 0. The van der Waals surface area contributed by atoms with E-state index in [0.29, 0.717) is 0 Å². The van der Waals surface area contributed by atoms with Crippen LogP contribution in [0.15, 0.2) is 23.4 Å². The Bertz CT molecular complexity index is 426. The lowest BCUT2D eigenvalue weighted by Crippen LogP contribution is -2.08. The maximum atomic E-state index is 10.5. The SMILES string of the molecule is CC(=O)O/N=C\c1ccc2c(c1)CCCO2. The van der Waals surface area contributed by atoms with Gasteiger partial charge in [-0.05, 0) is 42.2 Å². The van der Waals surface area contributed by atoms with E-state index in [9.17, 15) is 4.79 Å². The zero-order valence-corrected chi connectivity index (χ0v) is 9.10. The summed E-state index contributed by atoms with van der Waals surface area (Å²) in [6.07, 6.45) is 3.58.